The van der Waals surface area contributed by atoms with Crippen LogP contribution in [0.4, 0.5) is 36.3 Å². The van der Waals surface area contributed by atoms with Crippen LogP contribution in [-0.2, 0) is 11.8 Å². The van der Waals surface area contributed by atoms with Crippen LogP contribution in [-0.4, -0.2) is 88.4 Å². The number of alkyl halides is 3. The highest BCUT2D eigenvalue weighted by Crippen LogP contribution is 2.37. The Morgan fingerprint density at radius 3 is 2.52 bits per heavy atom. The highest BCUT2D eigenvalue weighted by atomic mass is 19.4. The molecule has 3 heterocycles. The number of benzene rings is 1. The van der Waals surface area contributed by atoms with Gasteiger partial charge in [0.15, 0.2) is 12.4 Å². The number of aryl methyl sites for hydroxylation is 1. The molecule has 0 aliphatic rings. The Kier molecular flexibility index (Phi) is 9.37. The summed E-state index contributed by atoms with van der Waals surface area (Å²) in [5.74, 6) is -2.29. The van der Waals surface area contributed by atoms with Crippen molar-refractivity contribution in [2.24, 2.45) is 7.05 Å². The molecule has 0 radical (unpaired) electrons. The summed E-state index contributed by atoms with van der Waals surface area (Å²) in [7, 11) is 7.18. The van der Waals surface area contributed by atoms with Crippen molar-refractivity contribution in [2.45, 2.75) is 6.18 Å². The zero-order chi connectivity index (χ0) is 32.2. The van der Waals surface area contributed by atoms with Gasteiger partial charge in [0.25, 0.3) is 0 Å². The Labute approximate surface area is 250 Å². The van der Waals surface area contributed by atoms with E-state index in [0.717, 1.165) is 23.2 Å². The smallest absolute Gasteiger partial charge is 0.422 e. The predicted octanol–water partition coefficient (Wildman–Crippen LogP) is 4.54. The van der Waals surface area contributed by atoms with Crippen LogP contribution in [0.2, 0.25) is 0 Å². The van der Waals surface area contributed by atoms with Gasteiger partial charge in [-0.15, -0.1) is 0 Å². The van der Waals surface area contributed by atoms with E-state index in [-0.39, 0.29) is 34.4 Å². The van der Waals surface area contributed by atoms with E-state index in [1.807, 2.05) is 41.8 Å². The number of carbonyl (C=O) groups is 2. The van der Waals surface area contributed by atoms with Crippen LogP contribution < -0.4 is 20.3 Å². The summed E-state index contributed by atoms with van der Waals surface area (Å²) in [5, 5.41) is 16.0. The van der Waals surface area contributed by atoms with Gasteiger partial charge in [0.05, 0.1) is 11.4 Å². The fourth-order valence-electron chi connectivity index (χ4n) is 4.31. The molecule has 3 N–H and O–H groups in total. The first-order chi connectivity index (χ1) is 20.8. The molecule has 232 valence electrons. The van der Waals surface area contributed by atoms with Crippen LogP contribution in [0, 0.1) is 0 Å². The van der Waals surface area contributed by atoms with Crippen molar-refractivity contribution >= 4 is 45.9 Å². The average Bonchev–Trinajstić information content (AvgIpc) is 3.31. The number of carboxylic acid groups (broad SMARTS) is 1. The number of anilines is 4. The van der Waals surface area contributed by atoms with Gasteiger partial charge in [-0.25, -0.2) is 14.8 Å². The third-order valence-corrected chi connectivity index (χ3v) is 6.45. The molecule has 0 saturated heterocycles. The van der Waals surface area contributed by atoms with Gasteiger partial charge in [-0.3, -0.25) is 4.79 Å². The number of likely N-dealkylation sites (N-methyl/N-ethyl adjacent to an activating group) is 2. The number of carboxylic acids is 1. The summed E-state index contributed by atoms with van der Waals surface area (Å²) >= 11 is 0. The minimum absolute atomic E-state index is 0.0812. The lowest BCUT2D eigenvalue weighted by atomic mass is 10.1. The van der Waals surface area contributed by atoms with Crippen LogP contribution >= 0.6 is 0 Å². The van der Waals surface area contributed by atoms with Crippen molar-refractivity contribution in [1.82, 2.24) is 24.4 Å². The highest BCUT2D eigenvalue weighted by Gasteiger charge is 2.30. The van der Waals surface area contributed by atoms with Gasteiger partial charge in [-0.1, -0.05) is 24.8 Å². The quantitative estimate of drug-likeness (QED) is 0.196. The van der Waals surface area contributed by atoms with Crippen molar-refractivity contribution in [2.75, 3.05) is 56.4 Å². The number of pyridine rings is 1. The van der Waals surface area contributed by atoms with Gasteiger partial charge in [0.2, 0.25) is 17.7 Å². The number of halogens is 3. The van der Waals surface area contributed by atoms with E-state index in [0.29, 0.717) is 18.7 Å². The zero-order valence-corrected chi connectivity index (χ0v) is 24.4. The fourth-order valence-corrected chi connectivity index (χ4v) is 4.31. The normalized spacial score (nSPS) is 11.5. The molecular formula is C29H31F3N8O4. The summed E-state index contributed by atoms with van der Waals surface area (Å²) in [4.78, 5) is 40.8. The molecule has 12 nitrogen and oxygen atoms in total. The number of amides is 1. The molecule has 3 aromatic heterocycles. The molecular weight excluding hydrogens is 581 g/mol. The second kappa shape index (κ2) is 13.0. The minimum atomic E-state index is -4.67. The summed E-state index contributed by atoms with van der Waals surface area (Å²) < 4.78 is 46.6. The van der Waals surface area contributed by atoms with Crippen molar-refractivity contribution in [3.63, 3.8) is 0 Å². The molecule has 1 amide bonds. The van der Waals surface area contributed by atoms with Crippen molar-refractivity contribution in [3.8, 4) is 17.1 Å². The summed E-state index contributed by atoms with van der Waals surface area (Å²) in [6, 6.07) is 8.67. The number of nitrogens with zero attached hydrogens (tertiary/aromatic N) is 6. The zero-order valence-electron chi connectivity index (χ0n) is 24.4. The molecule has 0 bridgehead atoms. The molecule has 4 aromatic rings. The van der Waals surface area contributed by atoms with E-state index in [9.17, 15) is 27.9 Å². The van der Waals surface area contributed by atoms with Gasteiger partial charge < -0.3 is 34.8 Å². The number of hydrogen-bond donors (Lipinski definition) is 3. The monoisotopic (exact) mass is 612 g/mol. The van der Waals surface area contributed by atoms with E-state index in [1.54, 1.807) is 31.3 Å². The first kappa shape index (κ1) is 31.7. The van der Waals surface area contributed by atoms with Crippen LogP contribution in [0.3, 0.4) is 0 Å². The number of rotatable bonds is 12. The van der Waals surface area contributed by atoms with Gasteiger partial charge in [0, 0.05) is 56.0 Å². The molecule has 0 aliphatic carbocycles. The van der Waals surface area contributed by atoms with E-state index >= 15 is 0 Å². The van der Waals surface area contributed by atoms with Gasteiger partial charge in [-0.05, 0) is 32.3 Å². The van der Waals surface area contributed by atoms with Crippen LogP contribution in [0.5, 0.6) is 5.88 Å². The lowest BCUT2D eigenvalue weighted by molar-refractivity contribution is -0.153. The van der Waals surface area contributed by atoms with Gasteiger partial charge in [-0.2, -0.15) is 18.2 Å². The number of carbonyl (C=O) groups excluding carboxylic acids is 1. The average molecular weight is 613 g/mol. The molecule has 0 fully saturated rings. The van der Waals surface area contributed by atoms with E-state index in [2.05, 4.69) is 32.2 Å². The molecule has 0 unspecified atom stereocenters. The summed E-state index contributed by atoms with van der Waals surface area (Å²) in [6.07, 6.45) is -0.812. The molecule has 0 atom stereocenters. The Bertz CT molecular complexity index is 1700. The molecule has 44 heavy (non-hydrogen) atoms. The minimum Gasteiger partial charge on any atom is -0.478 e. The predicted molar refractivity (Wildman–Crippen MR) is 161 cm³/mol. The van der Waals surface area contributed by atoms with Gasteiger partial charge >= 0.3 is 12.1 Å². The number of para-hydroxylation sites is 1. The molecule has 0 saturated carbocycles. The number of nitrogens with one attached hydrogen (secondary N) is 2. The summed E-state index contributed by atoms with van der Waals surface area (Å²) in [6.45, 7) is 2.80. The maximum Gasteiger partial charge on any atom is 0.422 e. The molecule has 4 rings (SSSR count). The number of ether oxygens (including phenoxy) is 1. The number of aromatic carboxylic acids is 1. The van der Waals surface area contributed by atoms with E-state index < -0.39 is 30.5 Å². The number of fused-ring (bicyclic) bond motifs is 1. The highest BCUT2D eigenvalue weighted by molar-refractivity contribution is 6.03. The standard InChI is InChI=1S/C29H31F3N8O4/c1-6-23(41)34-20-13-21(26(44-16-29(30,31)32)37-25(20)39(4)12-11-38(2)3)35-28-33-14-18(27(42)43)24(36-28)19-15-40(5)22-10-8-7-9-17(19)22/h6-10,13-15H,1,11-12,16H2,2-5H3,(H,34,41)(H,42,43)(H,33,35,36). The third kappa shape index (κ3) is 7.42. The van der Waals surface area contributed by atoms with E-state index in [1.165, 1.54) is 6.07 Å². The van der Waals surface area contributed by atoms with Crippen LogP contribution in [0.25, 0.3) is 22.2 Å². The molecule has 0 aliphatic heterocycles. The van der Waals surface area contributed by atoms with Crippen molar-refractivity contribution < 1.29 is 32.6 Å². The van der Waals surface area contributed by atoms with Crippen molar-refractivity contribution in [3.05, 3.63) is 60.9 Å². The Hall–Kier alpha value is -5.18. The second-order valence-corrected chi connectivity index (χ2v) is 10.1. The third-order valence-electron chi connectivity index (χ3n) is 6.45. The molecule has 1 aromatic carbocycles. The maximum atomic E-state index is 13.2. The maximum absolute atomic E-state index is 13.2. The first-order valence-corrected chi connectivity index (χ1v) is 13.2. The SMILES string of the molecule is C=CC(=O)Nc1cc(Nc2ncc(C(=O)O)c(-c3cn(C)c4ccccc34)n2)c(OCC(F)(F)F)nc1N(C)CCN(C)C. The number of aromatic nitrogens is 4. The van der Waals surface area contributed by atoms with Crippen LogP contribution in [0.15, 0.2) is 55.4 Å². The Balaban J connectivity index is 1.84. The lowest BCUT2D eigenvalue weighted by Crippen LogP contribution is -2.30. The second-order valence-electron chi connectivity index (χ2n) is 10.1. The largest absolute Gasteiger partial charge is 0.478 e. The molecule has 0 spiro atoms. The number of hydrogen-bond acceptors (Lipinski definition) is 9. The van der Waals surface area contributed by atoms with Crippen LogP contribution in [0.1, 0.15) is 10.4 Å². The first-order valence-electron chi connectivity index (χ1n) is 13.2. The van der Waals surface area contributed by atoms with E-state index in [4.69, 9.17) is 4.74 Å². The van der Waals surface area contributed by atoms with Crippen molar-refractivity contribution in [1.29, 1.82) is 0 Å². The fraction of sp³-hybridized carbons (Fsp3) is 0.276. The Morgan fingerprint density at radius 2 is 1.86 bits per heavy atom. The lowest BCUT2D eigenvalue weighted by Gasteiger charge is -2.25. The summed E-state index contributed by atoms with van der Waals surface area (Å²) in [5.41, 5.74) is 1.28. The molecule has 15 heteroatoms. The topological polar surface area (TPSA) is 138 Å². The Morgan fingerprint density at radius 1 is 1.14 bits per heavy atom. The van der Waals surface area contributed by atoms with Gasteiger partial charge in [0.1, 0.15) is 11.3 Å².